The Labute approximate surface area is 292 Å². The van der Waals surface area contributed by atoms with Gasteiger partial charge in [0.25, 0.3) is 5.69 Å². The fourth-order valence-corrected chi connectivity index (χ4v) is 3.85. The molecular formula is C34H50N6O10. The predicted octanol–water partition coefficient (Wildman–Crippen LogP) is 4.52. The number of nitrogens with zero attached hydrogens (tertiary/aromatic N) is 2. The van der Waals surface area contributed by atoms with Gasteiger partial charge in [-0.05, 0) is 70.4 Å². The number of non-ortho nitro benzene ring substituents is 1. The highest BCUT2D eigenvalue weighted by Crippen LogP contribution is 2.39. The molecule has 0 aromatic heterocycles. The van der Waals surface area contributed by atoms with Crippen molar-refractivity contribution < 1.29 is 43.1 Å². The lowest BCUT2D eigenvalue weighted by Gasteiger charge is -2.24. The summed E-state index contributed by atoms with van der Waals surface area (Å²) < 4.78 is 15.1. The molecule has 1 aliphatic rings. The van der Waals surface area contributed by atoms with Gasteiger partial charge in [0.1, 0.15) is 23.9 Å². The highest BCUT2D eigenvalue weighted by atomic mass is 16.6. The van der Waals surface area contributed by atoms with Gasteiger partial charge >= 0.3 is 12.2 Å². The van der Waals surface area contributed by atoms with Crippen LogP contribution in [0, 0.1) is 10.1 Å². The number of anilines is 1. The number of alkyl carbamates (subject to hydrolysis) is 1. The Kier molecular flexibility index (Phi) is 17.9. The normalized spacial score (nSPS) is 12.9. The number of amides is 5. The fraction of sp³-hybridized carbons (Fsp3) is 0.500. The first-order valence-corrected chi connectivity index (χ1v) is 16.0. The number of carbonyl (C=O) groups excluding carboxylic acids is 5. The zero-order valence-corrected chi connectivity index (χ0v) is 30.0. The third kappa shape index (κ3) is 16.7. The lowest BCUT2D eigenvalue weighted by atomic mass is 10.2. The van der Waals surface area contributed by atoms with Crippen LogP contribution in [0.3, 0.4) is 0 Å². The number of carbonyl (C=O) groups is 5. The predicted molar refractivity (Wildman–Crippen MR) is 187 cm³/mol. The van der Waals surface area contributed by atoms with Crippen molar-refractivity contribution in [3.8, 4) is 5.75 Å². The summed E-state index contributed by atoms with van der Waals surface area (Å²) in [6, 6.07) is 11.6. The molecule has 1 unspecified atom stereocenters. The Morgan fingerprint density at radius 3 is 2.06 bits per heavy atom. The van der Waals surface area contributed by atoms with E-state index >= 15 is 0 Å². The van der Waals surface area contributed by atoms with E-state index in [1.54, 1.807) is 58.9 Å². The van der Waals surface area contributed by atoms with Crippen molar-refractivity contribution in [1.82, 2.24) is 20.9 Å². The van der Waals surface area contributed by atoms with E-state index in [0.717, 1.165) is 24.8 Å². The van der Waals surface area contributed by atoms with Gasteiger partial charge < -0.3 is 40.4 Å². The van der Waals surface area contributed by atoms with E-state index in [9.17, 15) is 34.1 Å². The van der Waals surface area contributed by atoms with Crippen molar-refractivity contribution in [2.45, 2.75) is 84.6 Å². The molecule has 0 bridgehead atoms. The van der Waals surface area contributed by atoms with Crippen LogP contribution in [0.25, 0.3) is 0 Å². The van der Waals surface area contributed by atoms with Gasteiger partial charge in [0.05, 0.1) is 17.1 Å². The zero-order chi connectivity index (χ0) is 37.9. The number of benzene rings is 2. The molecule has 1 fully saturated rings. The molecule has 0 spiro atoms. The summed E-state index contributed by atoms with van der Waals surface area (Å²) in [4.78, 5) is 69.3. The van der Waals surface area contributed by atoms with Crippen LogP contribution in [0.2, 0.25) is 0 Å². The van der Waals surface area contributed by atoms with Crippen molar-refractivity contribution in [3.63, 3.8) is 0 Å². The first-order valence-electron chi connectivity index (χ1n) is 16.0. The second-order valence-corrected chi connectivity index (χ2v) is 12.4. The lowest BCUT2D eigenvalue weighted by Crippen LogP contribution is -2.46. The molecule has 50 heavy (non-hydrogen) atoms. The number of rotatable bonds is 13. The minimum Gasteiger partial charge on any atom is -0.444 e. The Morgan fingerprint density at radius 1 is 1.00 bits per heavy atom. The maximum atomic E-state index is 12.1. The molecular weight excluding hydrogens is 652 g/mol. The second kappa shape index (κ2) is 21.0. The number of nitro groups is 1. The molecule has 276 valence electrons. The number of hydrogen-bond acceptors (Lipinski definition) is 10. The molecule has 2 aromatic carbocycles. The highest BCUT2D eigenvalue weighted by Gasteiger charge is 2.46. The molecule has 2 aromatic rings. The van der Waals surface area contributed by atoms with Gasteiger partial charge in [-0.25, -0.2) is 9.59 Å². The largest absolute Gasteiger partial charge is 0.444 e. The van der Waals surface area contributed by atoms with Gasteiger partial charge in [-0.1, -0.05) is 32.4 Å². The van der Waals surface area contributed by atoms with Gasteiger partial charge in [0.15, 0.2) is 0 Å². The molecule has 16 nitrogen and oxygen atoms in total. The molecule has 0 radical (unpaired) electrons. The van der Waals surface area contributed by atoms with Crippen LogP contribution in [0.15, 0.2) is 48.5 Å². The number of nitro benzene ring substituents is 1. The second-order valence-electron chi connectivity index (χ2n) is 12.4. The van der Waals surface area contributed by atoms with Crippen molar-refractivity contribution >= 4 is 41.8 Å². The molecule has 0 heterocycles. The third-order valence-corrected chi connectivity index (χ3v) is 6.65. The van der Waals surface area contributed by atoms with Gasteiger partial charge in [-0.15, -0.1) is 0 Å². The van der Waals surface area contributed by atoms with Crippen LogP contribution < -0.4 is 26.0 Å². The molecule has 0 aliphatic heterocycles. The van der Waals surface area contributed by atoms with E-state index in [0.29, 0.717) is 18.8 Å². The number of likely N-dealkylation sites (N-methyl/N-ethyl adjacent to an activating group) is 1. The number of hydrogen-bond donors (Lipinski definition) is 4. The van der Waals surface area contributed by atoms with Crippen LogP contribution in [0.4, 0.5) is 21.0 Å². The van der Waals surface area contributed by atoms with Gasteiger partial charge in [0.2, 0.25) is 18.2 Å². The topological polar surface area (TPSA) is 208 Å². The highest BCUT2D eigenvalue weighted by molar-refractivity contribution is 5.97. The number of methoxy groups -OCH3 is 1. The summed E-state index contributed by atoms with van der Waals surface area (Å²) in [6.07, 6.45) is 2.30. The van der Waals surface area contributed by atoms with E-state index in [2.05, 4.69) is 35.1 Å². The van der Waals surface area contributed by atoms with E-state index in [-0.39, 0.29) is 29.4 Å². The van der Waals surface area contributed by atoms with E-state index < -0.39 is 34.7 Å². The summed E-state index contributed by atoms with van der Waals surface area (Å²) in [5, 5.41) is 20.6. The van der Waals surface area contributed by atoms with Crippen molar-refractivity contribution in [1.29, 1.82) is 0 Å². The first-order chi connectivity index (χ1) is 23.5. The Morgan fingerprint density at radius 2 is 1.58 bits per heavy atom. The Balaban J connectivity index is 0.000000471. The standard InChI is InChI=1S/C18H27N3O5.C13H15N3O5.C3H8/c1-12(20-15(22)10-19-17(24)26-18(2,3)4)16(23)21-14-8-6-13(7-9-14)11-25-5;1-15(9-17)13(6-7-13)8-14-12(18)21-11-4-2-10(3-5-11)16(19)20;1-3-2/h6-9,12H,10-11H2,1-5H3,(H,19,24)(H,20,22)(H,21,23);2-5,9H,6-8H2,1H3,(H,14,18);3H2,1-2H3. The quantitative estimate of drug-likeness (QED) is 0.130. The minimum atomic E-state index is -0.762. The fourth-order valence-electron chi connectivity index (χ4n) is 3.85. The number of ether oxygens (including phenoxy) is 3. The summed E-state index contributed by atoms with van der Waals surface area (Å²) in [6.45, 7) is 11.5. The minimum absolute atomic E-state index is 0.0766. The van der Waals surface area contributed by atoms with E-state index in [1.165, 1.54) is 30.7 Å². The van der Waals surface area contributed by atoms with Gasteiger partial charge in [0, 0.05) is 38.5 Å². The molecule has 5 amide bonds. The maximum Gasteiger partial charge on any atom is 0.412 e. The number of nitrogens with one attached hydrogen (secondary N) is 4. The van der Waals surface area contributed by atoms with Crippen LogP contribution in [0.5, 0.6) is 5.75 Å². The van der Waals surface area contributed by atoms with Gasteiger partial charge in [-0.3, -0.25) is 24.5 Å². The molecule has 1 saturated carbocycles. The van der Waals surface area contributed by atoms with Crippen molar-refractivity contribution in [2.75, 3.05) is 32.6 Å². The van der Waals surface area contributed by atoms with Crippen molar-refractivity contribution in [3.05, 3.63) is 64.2 Å². The summed E-state index contributed by atoms with van der Waals surface area (Å²) in [7, 11) is 3.28. The molecule has 3 rings (SSSR count). The summed E-state index contributed by atoms with van der Waals surface area (Å²) in [5.74, 6) is -0.643. The van der Waals surface area contributed by atoms with Crippen LogP contribution in [-0.2, 0) is 30.5 Å². The van der Waals surface area contributed by atoms with E-state index in [4.69, 9.17) is 14.2 Å². The zero-order valence-electron chi connectivity index (χ0n) is 30.0. The lowest BCUT2D eigenvalue weighted by molar-refractivity contribution is -0.384. The average molecular weight is 703 g/mol. The first kappa shape index (κ1) is 42.8. The molecule has 1 aliphatic carbocycles. The Hall–Kier alpha value is -5.25. The van der Waals surface area contributed by atoms with Gasteiger partial charge in [-0.2, -0.15) is 0 Å². The third-order valence-electron chi connectivity index (χ3n) is 6.65. The summed E-state index contributed by atoms with van der Waals surface area (Å²) in [5.41, 5.74) is 0.568. The maximum absolute atomic E-state index is 12.1. The van der Waals surface area contributed by atoms with Crippen LogP contribution in [0.1, 0.15) is 66.4 Å². The van der Waals surface area contributed by atoms with E-state index in [1.807, 2.05) is 12.1 Å². The van der Waals surface area contributed by atoms with Crippen molar-refractivity contribution in [2.24, 2.45) is 0 Å². The van der Waals surface area contributed by atoms with Crippen LogP contribution >= 0.6 is 0 Å². The average Bonchev–Trinajstić information content (AvgIpc) is 3.85. The SMILES string of the molecule is CCC.CN(C=O)C1(CNC(=O)Oc2ccc([N+](=O)[O-])cc2)CC1.COCc1ccc(NC(=O)C(C)NC(=O)CNC(=O)OC(C)(C)C)cc1. The van der Waals surface area contributed by atoms with Crippen LogP contribution in [-0.4, -0.2) is 84.7 Å². The monoisotopic (exact) mass is 702 g/mol. The molecule has 1 atom stereocenters. The molecule has 0 saturated heterocycles. The molecule has 16 heteroatoms. The molecule has 4 N–H and O–H groups in total. The Bertz CT molecular complexity index is 1410. The summed E-state index contributed by atoms with van der Waals surface area (Å²) >= 11 is 0. The smallest absolute Gasteiger partial charge is 0.412 e.